The van der Waals surface area contributed by atoms with Gasteiger partial charge in [-0.3, -0.25) is 9.89 Å². The number of H-pyrrole nitrogens is 1. The fraction of sp³-hybridized carbons (Fsp3) is 0.409. The van der Waals surface area contributed by atoms with Crippen LogP contribution in [0.2, 0.25) is 5.02 Å². The first-order chi connectivity index (χ1) is 15.0. The van der Waals surface area contributed by atoms with E-state index in [2.05, 4.69) is 15.4 Å². The van der Waals surface area contributed by atoms with Crippen molar-refractivity contribution in [2.45, 2.75) is 32.8 Å². The summed E-state index contributed by atoms with van der Waals surface area (Å²) < 4.78 is 16.8. The Morgan fingerprint density at radius 3 is 2.87 bits per heavy atom. The molecule has 0 aliphatic carbocycles. The number of nitrogens with zero attached hydrogens (tertiary/aromatic N) is 3. The smallest absolute Gasteiger partial charge is 0.227 e. The number of halogens is 1. The molecule has 9 heteroatoms. The highest BCUT2D eigenvalue weighted by Crippen LogP contribution is 2.23. The first-order valence-corrected chi connectivity index (χ1v) is 10.6. The number of carbonyl (C=O) groups is 1. The largest absolute Gasteiger partial charge is 0.493 e. The molecule has 1 unspecified atom stereocenters. The van der Waals surface area contributed by atoms with Gasteiger partial charge in [-0.15, -0.1) is 0 Å². The molecule has 31 heavy (non-hydrogen) atoms. The number of hydrogen-bond donors (Lipinski definition) is 1. The summed E-state index contributed by atoms with van der Waals surface area (Å²) in [6.07, 6.45) is 0.697. The maximum atomic E-state index is 12.8. The molecule has 0 saturated carbocycles. The SMILES string of the molecule is Cc1noc(C)c1CC(=O)N1CCOC(c2cc(CCOc3ccc(Cl)cc3)[nH]n2)C1. The molecular weight excluding hydrogens is 420 g/mol. The van der Waals surface area contributed by atoms with Crippen LogP contribution in [-0.2, 0) is 22.4 Å². The zero-order chi connectivity index (χ0) is 21.8. The van der Waals surface area contributed by atoms with Gasteiger partial charge in [0.15, 0.2) is 0 Å². The number of nitrogens with one attached hydrogen (secondary N) is 1. The average molecular weight is 445 g/mol. The molecule has 1 aromatic carbocycles. The summed E-state index contributed by atoms with van der Waals surface area (Å²) in [6.45, 7) is 5.69. The van der Waals surface area contributed by atoms with E-state index >= 15 is 0 Å². The van der Waals surface area contributed by atoms with Gasteiger partial charge in [0.2, 0.25) is 5.91 Å². The average Bonchev–Trinajstić information content (AvgIpc) is 3.37. The van der Waals surface area contributed by atoms with Crippen molar-refractivity contribution in [1.29, 1.82) is 0 Å². The number of benzene rings is 1. The predicted octanol–water partition coefficient (Wildman–Crippen LogP) is 3.43. The van der Waals surface area contributed by atoms with Crippen LogP contribution in [0.1, 0.15) is 34.5 Å². The molecule has 8 nitrogen and oxygen atoms in total. The van der Waals surface area contributed by atoms with Crippen LogP contribution >= 0.6 is 11.6 Å². The minimum absolute atomic E-state index is 0.0369. The molecule has 2 aromatic heterocycles. The Kier molecular flexibility index (Phi) is 6.58. The molecule has 1 N–H and O–H groups in total. The lowest BCUT2D eigenvalue weighted by Gasteiger charge is -2.32. The summed E-state index contributed by atoms with van der Waals surface area (Å²) in [5.74, 6) is 1.50. The van der Waals surface area contributed by atoms with E-state index in [0.717, 1.165) is 28.4 Å². The van der Waals surface area contributed by atoms with Gasteiger partial charge in [-0.1, -0.05) is 16.8 Å². The van der Waals surface area contributed by atoms with E-state index in [-0.39, 0.29) is 18.4 Å². The number of amides is 1. The molecule has 1 fully saturated rings. The zero-order valence-corrected chi connectivity index (χ0v) is 18.3. The fourth-order valence-electron chi connectivity index (χ4n) is 3.55. The molecule has 0 spiro atoms. The van der Waals surface area contributed by atoms with Crippen LogP contribution in [0.4, 0.5) is 0 Å². The standard InChI is InChI=1S/C22H25ClN4O4/c1-14-19(15(2)31-26-14)12-22(28)27-8-10-30-21(13-27)20-11-17(24-25-20)7-9-29-18-5-3-16(23)4-6-18/h3-6,11,21H,7-10,12-13H2,1-2H3,(H,24,25). The van der Waals surface area contributed by atoms with Crippen molar-refractivity contribution in [1.82, 2.24) is 20.3 Å². The minimum atomic E-state index is -0.260. The third-order valence-electron chi connectivity index (χ3n) is 5.36. The molecule has 3 aromatic rings. The van der Waals surface area contributed by atoms with Crippen LogP contribution in [0.5, 0.6) is 5.75 Å². The number of rotatable bonds is 7. The van der Waals surface area contributed by atoms with Crippen LogP contribution < -0.4 is 4.74 Å². The predicted molar refractivity (Wildman–Crippen MR) is 114 cm³/mol. The van der Waals surface area contributed by atoms with Crippen molar-refractivity contribution in [2.24, 2.45) is 0 Å². The van der Waals surface area contributed by atoms with Crippen LogP contribution in [0.3, 0.4) is 0 Å². The normalized spacial score (nSPS) is 16.5. The molecule has 0 bridgehead atoms. The molecule has 0 radical (unpaired) electrons. The van der Waals surface area contributed by atoms with Gasteiger partial charge < -0.3 is 18.9 Å². The maximum Gasteiger partial charge on any atom is 0.227 e. The third kappa shape index (κ3) is 5.26. The van der Waals surface area contributed by atoms with E-state index in [1.54, 1.807) is 12.1 Å². The topological polar surface area (TPSA) is 93.5 Å². The summed E-state index contributed by atoms with van der Waals surface area (Å²) >= 11 is 5.88. The zero-order valence-electron chi connectivity index (χ0n) is 17.6. The Hall–Kier alpha value is -2.84. The lowest BCUT2D eigenvalue weighted by molar-refractivity contribution is -0.138. The first-order valence-electron chi connectivity index (χ1n) is 10.2. The Morgan fingerprint density at radius 2 is 2.13 bits per heavy atom. The summed E-state index contributed by atoms with van der Waals surface area (Å²) in [5, 5.41) is 12.0. The Bertz CT molecular complexity index is 1010. The number of aryl methyl sites for hydroxylation is 2. The molecule has 1 saturated heterocycles. The molecule has 1 aliphatic heterocycles. The number of aromatic amines is 1. The summed E-state index contributed by atoms with van der Waals surface area (Å²) in [4.78, 5) is 14.6. The van der Waals surface area contributed by atoms with E-state index in [1.165, 1.54) is 0 Å². The van der Waals surface area contributed by atoms with E-state index in [1.807, 2.05) is 36.9 Å². The van der Waals surface area contributed by atoms with Crippen molar-refractivity contribution in [3.05, 3.63) is 63.8 Å². The number of hydrogen-bond acceptors (Lipinski definition) is 6. The van der Waals surface area contributed by atoms with E-state index < -0.39 is 0 Å². The molecular formula is C22H25ClN4O4. The van der Waals surface area contributed by atoms with Gasteiger partial charge in [0.1, 0.15) is 17.6 Å². The van der Waals surface area contributed by atoms with Gasteiger partial charge >= 0.3 is 0 Å². The van der Waals surface area contributed by atoms with Crippen molar-refractivity contribution < 1.29 is 18.8 Å². The number of aromatic nitrogens is 3. The first kappa shape index (κ1) is 21.4. The molecule has 1 amide bonds. The molecule has 164 valence electrons. The van der Waals surface area contributed by atoms with Crippen LogP contribution in [0.15, 0.2) is 34.9 Å². The summed E-state index contributed by atoms with van der Waals surface area (Å²) in [7, 11) is 0. The highest BCUT2D eigenvalue weighted by Gasteiger charge is 2.28. The lowest BCUT2D eigenvalue weighted by atomic mass is 10.1. The van der Waals surface area contributed by atoms with E-state index in [0.29, 0.717) is 43.5 Å². The van der Waals surface area contributed by atoms with E-state index in [4.69, 9.17) is 25.6 Å². The van der Waals surface area contributed by atoms with Crippen molar-refractivity contribution >= 4 is 17.5 Å². The molecule has 3 heterocycles. The van der Waals surface area contributed by atoms with Crippen molar-refractivity contribution in [3.8, 4) is 5.75 Å². The van der Waals surface area contributed by atoms with Gasteiger partial charge in [0.05, 0.1) is 37.6 Å². The van der Waals surface area contributed by atoms with Crippen LogP contribution in [0.25, 0.3) is 0 Å². The number of ether oxygens (including phenoxy) is 2. The Balaban J connectivity index is 1.30. The lowest BCUT2D eigenvalue weighted by Crippen LogP contribution is -2.43. The van der Waals surface area contributed by atoms with Gasteiger partial charge in [-0.25, -0.2) is 0 Å². The van der Waals surface area contributed by atoms with Crippen molar-refractivity contribution in [2.75, 3.05) is 26.3 Å². The second-order valence-corrected chi connectivity index (χ2v) is 7.99. The quantitative estimate of drug-likeness (QED) is 0.600. The minimum Gasteiger partial charge on any atom is -0.493 e. The van der Waals surface area contributed by atoms with Gasteiger partial charge in [-0.2, -0.15) is 5.10 Å². The summed E-state index contributed by atoms with van der Waals surface area (Å²) in [5.41, 5.74) is 3.35. The Morgan fingerprint density at radius 1 is 1.32 bits per heavy atom. The van der Waals surface area contributed by atoms with Crippen LogP contribution in [0, 0.1) is 13.8 Å². The maximum absolute atomic E-state index is 12.8. The highest BCUT2D eigenvalue weighted by molar-refractivity contribution is 6.30. The summed E-state index contributed by atoms with van der Waals surface area (Å²) in [6, 6.07) is 9.24. The fourth-order valence-corrected chi connectivity index (χ4v) is 3.68. The Labute approximate surface area is 185 Å². The van der Waals surface area contributed by atoms with Crippen LogP contribution in [-0.4, -0.2) is 52.5 Å². The van der Waals surface area contributed by atoms with Gasteiger partial charge in [-0.05, 0) is 44.2 Å². The number of morpholine rings is 1. The van der Waals surface area contributed by atoms with Crippen molar-refractivity contribution in [3.63, 3.8) is 0 Å². The molecule has 1 aliphatic rings. The second kappa shape index (κ2) is 9.53. The molecule has 4 rings (SSSR count). The second-order valence-electron chi connectivity index (χ2n) is 7.55. The van der Waals surface area contributed by atoms with Gasteiger partial charge in [0.25, 0.3) is 0 Å². The van der Waals surface area contributed by atoms with E-state index in [9.17, 15) is 4.79 Å². The number of carbonyl (C=O) groups excluding carboxylic acids is 1. The molecule has 1 atom stereocenters. The monoisotopic (exact) mass is 444 g/mol. The van der Waals surface area contributed by atoms with Gasteiger partial charge in [0, 0.05) is 29.2 Å². The third-order valence-corrected chi connectivity index (χ3v) is 5.61. The highest BCUT2D eigenvalue weighted by atomic mass is 35.5.